The van der Waals surface area contributed by atoms with Gasteiger partial charge >= 0.3 is 0 Å². The number of hydrogen-bond acceptors (Lipinski definition) is 4. The molecule has 5 rings (SSSR count). The molecule has 0 saturated carbocycles. The molecule has 1 aliphatic rings. The fourth-order valence-corrected chi connectivity index (χ4v) is 5.02. The normalized spacial score (nSPS) is 18.4. The van der Waals surface area contributed by atoms with Gasteiger partial charge in [0.05, 0.1) is 0 Å². The quantitative estimate of drug-likeness (QED) is 0.472. The van der Waals surface area contributed by atoms with Gasteiger partial charge in [0, 0.05) is 42.6 Å². The number of aromatic nitrogens is 3. The van der Waals surface area contributed by atoms with Gasteiger partial charge in [0.2, 0.25) is 0 Å². The van der Waals surface area contributed by atoms with E-state index in [9.17, 15) is 9.59 Å². The summed E-state index contributed by atoms with van der Waals surface area (Å²) >= 11 is 0. The van der Waals surface area contributed by atoms with E-state index in [-0.39, 0.29) is 17.2 Å². The summed E-state index contributed by atoms with van der Waals surface area (Å²) in [5.41, 5.74) is 3.98. The van der Waals surface area contributed by atoms with E-state index in [1.165, 1.54) is 34.4 Å². The Morgan fingerprint density at radius 1 is 1.21 bits per heavy atom. The smallest absolute Gasteiger partial charge is 0.270 e. The molecule has 1 amide bonds. The Morgan fingerprint density at radius 2 is 2.06 bits per heavy atom. The van der Waals surface area contributed by atoms with E-state index in [0.717, 1.165) is 24.2 Å². The van der Waals surface area contributed by atoms with Crippen LogP contribution in [0.4, 0.5) is 0 Å². The van der Waals surface area contributed by atoms with Gasteiger partial charge in [-0.15, -0.1) is 0 Å². The maximum absolute atomic E-state index is 12.6. The van der Waals surface area contributed by atoms with Crippen molar-refractivity contribution in [3.05, 3.63) is 82.0 Å². The van der Waals surface area contributed by atoms with Crippen molar-refractivity contribution in [3.63, 3.8) is 0 Å². The maximum atomic E-state index is 12.6. The minimum atomic E-state index is -0.363. The van der Waals surface area contributed by atoms with Crippen LogP contribution in [0, 0.1) is 5.41 Å². The Morgan fingerprint density at radius 3 is 2.88 bits per heavy atom. The molecule has 1 atom stereocenters. The number of pyridine rings is 1. The molecule has 176 valence electrons. The van der Waals surface area contributed by atoms with E-state index in [0.29, 0.717) is 23.6 Å². The summed E-state index contributed by atoms with van der Waals surface area (Å²) in [5.74, 6) is -0.363. The van der Waals surface area contributed by atoms with Crippen LogP contribution in [-0.4, -0.2) is 37.8 Å². The zero-order chi connectivity index (χ0) is 23.9. The zero-order valence-corrected chi connectivity index (χ0v) is 20.0. The monoisotopic (exact) mass is 457 g/mol. The Bertz CT molecular complexity index is 1420. The number of hydrogen-bond donors (Lipinski definition) is 2. The number of rotatable bonds is 5. The molecule has 4 heterocycles. The lowest BCUT2D eigenvalue weighted by atomic mass is 9.79. The highest BCUT2D eigenvalue weighted by molar-refractivity contribution is 5.92. The van der Waals surface area contributed by atoms with Gasteiger partial charge in [-0.1, -0.05) is 32.0 Å². The van der Waals surface area contributed by atoms with Crippen molar-refractivity contribution in [2.24, 2.45) is 5.41 Å². The van der Waals surface area contributed by atoms with Gasteiger partial charge in [0.25, 0.3) is 11.5 Å². The molecule has 1 aliphatic heterocycles. The van der Waals surface area contributed by atoms with Gasteiger partial charge < -0.3 is 10.3 Å². The molecule has 3 aromatic heterocycles. The Labute approximate surface area is 198 Å². The number of benzene rings is 1. The summed E-state index contributed by atoms with van der Waals surface area (Å²) < 4.78 is 1.42. The number of nitrogens with zero attached hydrogens (tertiary/aromatic N) is 3. The fourth-order valence-electron chi connectivity index (χ4n) is 5.02. The molecule has 0 bridgehead atoms. The predicted molar refractivity (Wildman–Crippen MR) is 134 cm³/mol. The molecule has 7 nitrogen and oxygen atoms in total. The van der Waals surface area contributed by atoms with E-state index < -0.39 is 0 Å². The van der Waals surface area contributed by atoms with Gasteiger partial charge in [0.15, 0.2) is 0 Å². The number of fused-ring (bicyclic) bond motifs is 2. The fraction of sp³-hybridized carbons (Fsp3) is 0.370. The molecule has 0 radical (unpaired) electrons. The standard InChI is InChI=1S/C27H31N5O2/c1-18-15-27(2,3)9-11-31(18)17-21-13-20-8-7-19(12-22(20)29-21)16-28-26(34)23-14-25(33)32-10-5-4-6-24(32)30-23/h4-8,10,12-14,18,29H,9,11,15-17H2,1-3H3,(H,28,34)/t18-/m0/s1. The van der Waals surface area contributed by atoms with Crippen LogP contribution in [0.15, 0.2) is 59.5 Å². The summed E-state index contributed by atoms with van der Waals surface area (Å²) in [5, 5.41) is 4.05. The van der Waals surface area contributed by atoms with Gasteiger partial charge in [-0.2, -0.15) is 0 Å². The zero-order valence-electron chi connectivity index (χ0n) is 20.0. The topological polar surface area (TPSA) is 82.5 Å². The molecule has 0 spiro atoms. The van der Waals surface area contributed by atoms with Crippen molar-refractivity contribution in [1.29, 1.82) is 0 Å². The third-order valence-corrected chi connectivity index (χ3v) is 6.92. The lowest BCUT2D eigenvalue weighted by Crippen LogP contribution is -2.43. The minimum Gasteiger partial charge on any atom is -0.357 e. The van der Waals surface area contributed by atoms with Crippen LogP contribution < -0.4 is 10.9 Å². The summed E-state index contributed by atoms with van der Waals surface area (Å²) in [6.07, 6.45) is 4.08. The maximum Gasteiger partial charge on any atom is 0.270 e. The Balaban J connectivity index is 1.26. The molecular weight excluding hydrogens is 426 g/mol. The van der Waals surface area contributed by atoms with Gasteiger partial charge in [-0.3, -0.25) is 18.9 Å². The summed E-state index contributed by atoms with van der Waals surface area (Å²) in [6.45, 7) is 9.44. The third-order valence-electron chi connectivity index (χ3n) is 6.92. The number of piperidine rings is 1. The van der Waals surface area contributed by atoms with Crippen molar-refractivity contribution >= 4 is 22.5 Å². The molecule has 4 aromatic rings. The molecule has 0 unspecified atom stereocenters. The average Bonchev–Trinajstić information content (AvgIpc) is 3.20. The molecule has 34 heavy (non-hydrogen) atoms. The summed E-state index contributed by atoms with van der Waals surface area (Å²) in [6, 6.07) is 15.5. The molecule has 0 aliphatic carbocycles. The molecule has 1 saturated heterocycles. The first-order valence-corrected chi connectivity index (χ1v) is 11.9. The van der Waals surface area contributed by atoms with Crippen LogP contribution in [0.3, 0.4) is 0 Å². The van der Waals surface area contributed by atoms with E-state index in [1.54, 1.807) is 24.4 Å². The van der Waals surface area contributed by atoms with Gasteiger partial charge in [-0.25, -0.2) is 4.98 Å². The van der Waals surface area contributed by atoms with Gasteiger partial charge in [-0.05, 0) is 66.9 Å². The SMILES string of the molecule is C[C@H]1CC(C)(C)CCN1Cc1cc2ccc(CNC(=O)c3cc(=O)n4ccccc4n3)cc2[nH]1. The summed E-state index contributed by atoms with van der Waals surface area (Å²) in [4.78, 5) is 35.3. The third kappa shape index (κ3) is 4.61. The molecule has 1 fully saturated rings. The van der Waals surface area contributed by atoms with Crippen LogP contribution in [0.2, 0.25) is 0 Å². The number of nitrogens with one attached hydrogen (secondary N) is 2. The van der Waals surface area contributed by atoms with Crippen LogP contribution >= 0.6 is 0 Å². The van der Waals surface area contributed by atoms with Crippen LogP contribution in [0.25, 0.3) is 16.6 Å². The second-order valence-electron chi connectivity index (χ2n) is 10.2. The molecule has 1 aromatic carbocycles. The minimum absolute atomic E-state index is 0.123. The number of carbonyl (C=O) groups excluding carboxylic acids is 1. The predicted octanol–water partition coefficient (Wildman–Crippen LogP) is 4.12. The number of carbonyl (C=O) groups is 1. The first-order valence-electron chi connectivity index (χ1n) is 11.9. The van der Waals surface area contributed by atoms with Gasteiger partial charge in [0.1, 0.15) is 11.3 Å². The molecule has 2 N–H and O–H groups in total. The first kappa shape index (κ1) is 22.3. The lowest BCUT2D eigenvalue weighted by Gasteiger charge is -2.41. The first-order chi connectivity index (χ1) is 16.3. The highest BCUT2D eigenvalue weighted by atomic mass is 16.2. The van der Waals surface area contributed by atoms with Crippen LogP contribution in [0.5, 0.6) is 0 Å². The highest BCUT2D eigenvalue weighted by Gasteiger charge is 2.30. The van der Waals surface area contributed by atoms with E-state index in [4.69, 9.17) is 0 Å². The summed E-state index contributed by atoms with van der Waals surface area (Å²) in [7, 11) is 0. The van der Waals surface area contributed by atoms with Crippen molar-refractivity contribution in [2.45, 2.75) is 52.7 Å². The lowest BCUT2D eigenvalue weighted by molar-refractivity contribution is 0.0733. The molecular formula is C27H31N5O2. The second kappa shape index (κ2) is 8.72. The van der Waals surface area contributed by atoms with Crippen molar-refractivity contribution < 1.29 is 4.79 Å². The number of H-pyrrole nitrogens is 1. The van der Waals surface area contributed by atoms with Crippen molar-refractivity contribution in [3.8, 4) is 0 Å². The van der Waals surface area contributed by atoms with Crippen LogP contribution in [-0.2, 0) is 13.1 Å². The van der Waals surface area contributed by atoms with Crippen molar-refractivity contribution in [1.82, 2.24) is 24.6 Å². The molecule has 7 heteroatoms. The van der Waals surface area contributed by atoms with Crippen molar-refractivity contribution in [2.75, 3.05) is 6.54 Å². The number of aromatic amines is 1. The van der Waals surface area contributed by atoms with Crippen LogP contribution in [0.1, 0.15) is 55.4 Å². The largest absolute Gasteiger partial charge is 0.357 e. The second-order valence-corrected chi connectivity index (χ2v) is 10.2. The Hall–Kier alpha value is -3.45. The average molecular weight is 458 g/mol. The van der Waals surface area contributed by atoms with E-state index in [1.807, 2.05) is 6.07 Å². The number of amides is 1. The van der Waals surface area contributed by atoms with E-state index in [2.05, 4.69) is 59.2 Å². The Kier molecular flexibility index (Phi) is 5.73. The highest BCUT2D eigenvalue weighted by Crippen LogP contribution is 2.34. The van der Waals surface area contributed by atoms with E-state index >= 15 is 0 Å². The number of likely N-dealkylation sites (tertiary alicyclic amines) is 1.